The summed E-state index contributed by atoms with van der Waals surface area (Å²) in [5, 5.41) is 2.81. The van der Waals surface area contributed by atoms with Crippen molar-refractivity contribution in [3.63, 3.8) is 0 Å². The first-order valence-corrected chi connectivity index (χ1v) is 9.20. The Hall–Kier alpha value is -3.48. The van der Waals surface area contributed by atoms with Crippen molar-refractivity contribution in [3.8, 4) is 0 Å². The first kappa shape index (κ1) is 17.9. The number of nitrogens with zero attached hydrogens (tertiary/aromatic N) is 2. The molecule has 1 aromatic heterocycles. The van der Waals surface area contributed by atoms with Crippen molar-refractivity contribution in [2.45, 2.75) is 19.8 Å². The van der Waals surface area contributed by atoms with Gasteiger partial charge in [-0.3, -0.25) is 19.3 Å². The molecule has 7 nitrogen and oxygen atoms in total. The number of fused-ring (bicyclic) bond motifs is 2. The van der Waals surface area contributed by atoms with Gasteiger partial charge in [0.15, 0.2) is 0 Å². The fourth-order valence-electron chi connectivity index (χ4n) is 3.35. The molecule has 0 spiro atoms. The highest BCUT2D eigenvalue weighted by Crippen LogP contribution is 2.23. The lowest BCUT2D eigenvalue weighted by atomic mass is 10.1. The molecule has 1 aliphatic heterocycles. The molecule has 0 saturated heterocycles. The minimum Gasteiger partial charge on any atom is -0.356 e. The number of aryl methyl sites for hydroxylation is 1. The maximum Gasteiger partial charge on any atom is 0.261 e. The minimum atomic E-state index is -0.338. The van der Waals surface area contributed by atoms with Crippen LogP contribution in [0.1, 0.15) is 38.5 Å². The lowest BCUT2D eigenvalue weighted by Gasteiger charge is -2.13. The van der Waals surface area contributed by atoms with Gasteiger partial charge in [0.1, 0.15) is 5.82 Å². The zero-order valence-corrected chi connectivity index (χ0v) is 15.5. The van der Waals surface area contributed by atoms with E-state index in [1.54, 1.807) is 18.2 Å². The SMILES string of the molecule is Cc1ccc2c(c1)C(=O)N(CCC(=O)NCCc1nc3ccccc3[nH]1)C2=O. The number of nitrogens with one attached hydrogen (secondary N) is 2. The zero-order chi connectivity index (χ0) is 19.7. The van der Waals surface area contributed by atoms with Gasteiger partial charge in [0.05, 0.1) is 22.2 Å². The molecular weight excluding hydrogens is 356 g/mol. The average molecular weight is 376 g/mol. The summed E-state index contributed by atoms with van der Waals surface area (Å²) in [5.74, 6) is -0.0742. The molecular formula is C21H20N4O3. The van der Waals surface area contributed by atoms with Gasteiger partial charge < -0.3 is 10.3 Å². The second kappa shape index (κ2) is 7.26. The van der Waals surface area contributed by atoms with Crippen LogP contribution in [0.2, 0.25) is 0 Å². The normalized spacial score (nSPS) is 13.2. The van der Waals surface area contributed by atoms with E-state index in [1.807, 2.05) is 31.2 Å². The number of carbonyl (C=O) groups is 3. The van der Waals surface area contributed by atoms with Gasteiger partial charge in [-0.2, -0.15) is 0 Å². The highest BCUT2D eigenvalue weighted by molar-refractivity contribution is 6.21. The van der Waals surface area contributed by atoms with Gasteiger partial charge in [0, 0.05) is 25.9 Å². The maximum absolute atomic E-state index is 12.4. The highest BCUT2D eigenvalue weighted by Gasteiger charge is 2.35. The van der Waals surface area contributed by atoms with E-state index in [0.29, 0.717) is 24.1 Å². The van der Waals surface area contributed by atoms with Crippen LogP contribution in [0, 0.1) is 6.92 Å². The molecule has 0 aliphatic carbocycles. The van der Waals surface area contributed by atoms with Crippen LogP contribution in [0.4, 0.5) is 0 Å². The number of hydrogen-bond donors (Lipinski definition) is 2. The zero-order valence-electron chi connectivity index (χ0n) is 15.5. The summed E-state index contributed by atoms with van der Waals surface area (Å²) in [4.78, 5) is 45.7. The van der Waals surface area contributed by atoms with Crippen LogP contribution in [-0.4, -0.2) is 45.7 Å². The number of benzene rings is 2. The number of para-hydroxylation sites is 2. The largest absolute Gasteiger partial charge is 0.356 e. The third-order valence-corrected chi connectivity index (χ3v) is 4.81. The molecule has 3 aromatic rings. The molecule has 28 heavy (non-hydrogen) atoms. The van der Waals surface area contributed by atoms with Crippen LogP contribution in [0.5, 0.6) is 0 Å². The molecule has 142 valence electrons. The van der Waals surface area contributed by atoms with Gasteiger partial charge in [-0.15, -0.1) is 0 Å². The molecule has 0 radical (unpaired) electrons. The number of carbonyl (C=O) groups excluding carboxylic acids is 3. The minimum absolute atomic E-state index is 0.0713. The van der Waals surface area contributed by atoms with E-state index >= 15 is 0 Å². The van der Waals surface area contributed by atoms with Crippen LogP contribution in [-0.2, 0) is 11.2 Å². The van der Waals surface area contributed by atoms with E-state index in [4.69, 9.17) is 0 Å². The Bertz CT molecular complexity index is 1050. The monoisotopic (exact) mass is 376 g/mol. The molecule has 2 heterocycles. The Morgan fingerprint density at radius 2 is 1.89 bits per heavy atom. The van der Waals surface area contributed by atoms with Crippen LogP contribution in [0.3, 0.4) is 0 Å². The summed E-state index contributed by atoms with van der Waals surface area (Å²) < 4.78 is 0. The van der Waals surface area contributed by atoms with Gasteiger partial charge in [-0.1, -0.05) is 23.8 Å². The first-order chi connectivity index (χ1) is 13.5. The smallest absolute Gasteiger partial charge is 0.261 e. The van der Waals surface area contributed by atoms with Crippen molar-refractivity contribution < 1.29 is 14.4 Å². The van der Waals surface area contributed by atoms with Gasteiger partial charge >= 0.3 is 0 Å². The van der Waals surface area contributed by atoms with E-state index in [0.717, 1.165) is 27.3 Å². The number of H-pyrrole nitrogens is 1. The molecule has 3 amide bonds. The molecule has 4 rings (SSSR count). The highest BCUT2D eigenvalue weighted by atomic mass is 16.2. The summed E-state index contributed by atoms with van der Waals surface area (Å²) in [7, 11) is 0. The predicted molar refractivity (Wildman–Crippen MR) is 104 cm³/mol. The van der Waals surface area contributed by atoms with E-state index in [9.17, 15) is 14.4 Å². The second-order valence-electron chi connectivity index (χ2n) is 6.86. The van der Waals surface area contributed by atoms with Crippen LogP contribution in [0.15, 0.2) is 42.5 Å². The van der Waals surface area contributed by atoms with Crippen molar-refractivity contribution in [1.82, 2.24) is 20.2 Å². The molecule has 2 N–H and O–H groups in total. The summed E-state index contributed by atoms with van der Waals surface area (Å²) in [5.41, 5.74) is 3.59. The number of amides is 3. The molecule has 0 fully saturated rings. The first-order valence-electron chi connectivity index (χ1n) is 9.20. The third-order valence-electron chi connectivity index (χ3n) is 4.81. The fourth-order valence-corrected chi connectivity index (χ4v) is 3.35. The maximum atomic E-state index is 12.4. The van der Waals surface area contributed by atoms with Crippen molar-refractivity contribution in [3.05, 3.63) is 65.0 Å². The molecule has 7 heteroatoms. The van der Waals surface area contributed by atoms with E-state index in [2.05, 4.69) is 15.3 Å². The van der Waals surface area contributed by atoms with Crippen molar-refractivity contribution in [2.75, 3.05) is 13.1 Å². The van der Waals surface area contributed by atoms with Crippen molar-refractivity contribution in [2.24, 2.45) is 0 Å². The fraction of sp³-hybridized carbons (Fsp3) is 0.238. The third kappa shape index (κ3) is 3.38. The van der Waals surface area contributed by atoms with Gasteiger partial charge in [-0.25, -0.2) is 4.98 Å². The summed E-state index contributed by atoms with van der Waals surface area (Å²) in [6.07, 6.45) is 0.650. The quantitative estimate of drug-likeness (QED) is 0.645. The van der Waals surface area contributed by atoms with E-state index in [1.165, 1.54) is 0 Å². The molecule has 2 aromatic carbocycles. The Morgan fingerprint density at radius 3 is 2.71 bits per heavy atom. The van der Waals surface area contributed by atoms with E-state index < -0.39 is 0 Å². The summed E-state index contributed by atoms with van der Waals surface area (Å²) >= 11 is 0. The number of rotatable bonds is 6. The number of aromatic amines is 1. The van der Waals surface area contributed by atoms with Gasteiger partial charge in [0.25, 0.3) is 11.8 Å². The van der Waals surface area contributed by atoms with Crippen LogP contribution >= 0.6 is 0 Å². The molecule has 0 unspecified atom stereocenters. The lowest BCUT2D eigenvalue weighted by molar-refractivity contribution is -0.121. The molecule has 0 bridgehead atoms. The molecule has 1 aliphatic rings. The summed E-state index contributed by atoms with van der Waals surface area (Å²) in [6, 6.07) is 12.9. The molecule has 0 saturated carbocycles. The lowest BCUT2D eigenvalue weighted by Crippen LogP contribution is -2.35. The number of imidazole rings is 1. The van der Waals surface area contributed by atoms with Gasteiger partial charge in [0.2, 0.25) is 5.91 Å². The van der Waals surface area contributed by atoms with Crippen LogP contribution < -0.4 is 5.32 Å². The number of hydrogen-bond acceptors (Lipinski definition) is 4. The number of imide groups is 1. The molecule has 0 atom stereocenters. The Labute approximate surface area is 161 Å². The topological polar surface area (TPSA) is 95.2 Å². The van der Waals surface area contributed by atoms with E-state index in [-0.39, 0.29) is 30.7 Å². The van der Waals surface area contributed by atoms with Gasteiger partial charge in [-0.05, 0) is 31.2 Å². The standard InChI is InChI=1S/C21H20N4O3/c1-13-6-7-14-15(12-13)21(28)25(20(14)27)11-9-19(26)22-10-8-18-23-16-4-2-3-5-17(16)24-18/h2-7,12H,8-11H2,1H3,(H,22,26)(H,23,24). The Kier molecular flexibility index (Phi) is 4.65. The Morgan fingerprint density at radius 1 is 1.11 bits per heavy atom. The van der Waals surface area contributed by atoms with Crippen LogP contribution in [0.25, 0.3) is 11.0 Å². The summed E-state index contributed by atoms with van der Waals surface area (Å²) in [6.45, 7) is 2.37. The predicted octanol–water partition coefficient (Wildman–Crippen LogP) is 2.22. The van der Waals surface area contributed by atoms with Crippen molar-refractivity contribution >= 4 is 28.8 Å². The Balaban J connectivity index is 1.28. The number of aromatic nitrogens is 2. The second-order valence-corrected chi connectivity index (χ2v) is 6.86. The van der Waals surface area contributed by atoms with Crippen molar-refractivity contribution in [1.29, 1.82) is 0 Å². The average Bonchev–Trinajstić information content (AvgIpc) is 3.19.